The van der Waals surface area contributed by atoms with Gasteiger partial charge in [0, 0.05) is 11.8 Å². The number of benzene rings is 1. The minimum atomic E-state index is -0.661. The van der Waals surface area contributed by atoms with Crippen LogP contribution in [0.25, 0.3) is 0 Å². The molecule has 0 aromatic heterocycles. The number of Topliss-reactive ketones (excluding diaryl/α,β-unsaturated/α-hetero) is 1. The molecule has 4 heteroatoms. The lowest BCUT2D eigenvalue weighted by atomic mass is 10.1. The molecule has 0 radical (unpaired) electrons. The number of carbonyl (C=O) groups is 1. The molecule has 0 fully saturated rings. The van der Waals surface area contributed by atoms with Gasteiger partial charge < -0.3 is 0 Å². The Bertz CT molecular complexity index is 339. The Morgan fingerprint density at radius 3 is 2.71 bits per heavy atom. The van der Waals surface area contributed by atoms with Crippen LogP contribution in [0, 0.1) is 11.6 Å². The zero-order chi connectivity index (χ0) is 10.6. The molecule has 0 bridgehead atoms. The Morgan fingerprint density at radius 2 is 2.07 bits per heavy atom. The van der Waals surface area contributed by atoms with Crippen LogP contribution in [-0.2, 0) is 0 Å². The molecule has 0 saturated carbocycles. The molecular formula is C10H9BrF2O. The first kappa shape index (κ1) is 11.3. The molecule has 0 unspecified atom stereocenters. The zero-order valence-corrected chi connectivity index (χ0v) is 8.98. The van der Waals surface area contributed by atoms with Crippen LogP contribution in [-0.4, -0.2) is 11.1 Å². The normalized spacial score (nSPS) is 10.2. The van der Waals surface area contributed by atoms with Crippen LogP contribution in [0.3, 0.4) is 0 Å². The molecular weight excluding hydrogens is 254 g/mol. The van der Waals surface area contributed by atoms with E-state index in [1.165, 1.54) is 0 Å². The second kappa shape index (κ2) is 5.20. The van der Waals surface area contributed by atoms with E-state index in [9.17, 15) is 13.6 Å². The van der Waals surface area contributed by atoms with Gasteiger partial charge in [0.25, 0.3) is 0 Å². The predicted molar refractivity (Wildman–Crippen MR) is 53.7 cm³/mol. The minimum absolute atomic E-state index is 0.161. The number of carbonyl (C=O) groups excluding carboxylic acids is 1. The van der Waals surface area contributed by atoms with Crippen molar-refractivity contribution in [2.45, 2.75) is 12.8 Å². The van der Waals surface area contributed by atoms with Gasteiger partial charge in [-0.3, -0.25) is 4.79 Å². The van der Waals surface area contributed by atoms with Crippen LogP contribution in [0.1, 0.15) is 23.2 Å². The SMILES string of the molecule is O=C(CCCBr)c1cc(F)ccc1F. The van der Waals surface area contributed by atoms with Gasteiger partial charge >= 0.3 is 0 Å². The lowest BCUT2D eigenvalue weighted by molar-refractivity contribution is 0.0977. The van der Waals surface area contributed by atoms with E-state index in [1.807, 2.05) is 0 Å². The van der Waals surface area contributed by atoms with Crippen LogP contribution in [0.5, 0.6) is 0 Å². The van der Waals surface area contributed by atoms with Crippen LogP contribution in [0.4, 0.5) is 8.78 Å². The fourth-order valence-corrected chi connectivity index (χ4v) is 1.35. The fourth-order valence-electron chi connectivity index (χ4n) is 1.07. The average molecular weight is 263 g/mol. The molecule has 0 saturated heterocycles. The summed E-state index contributed by atoms with van der Waals surface area (Å²) in [5.41, 5.74) is -0.161. The number of ketones is 1. The molecule has 1 aromatic rings. The smallest absolute Gasteiger partial charge is 0.165 e. The summed E-state index contributed by atoms with van der Waals surface area (Å²) >= 11 is 3.16. The number of halogens is 3. The van der Waals surface area contributed by atoms with E-state index in [2.05, 4.69) is 15.9 Å². The highest BCUT2D eigenvalue weighted by molar-refractivity contribution is 9.09. The molecule has 1 aromatic carbocycles. The van der Waals surface area contributed by atoms with Crippen molar-refractivity contribution in [1.82, 2.24) is 0 Å². The lowest BCUT2D eigenvalue weighted by Crippen LogP contribution is -2.03. The minimum Gasteiger partial charge on any atom is -0.294 e. The van der Waals surface area contributed by atoms with Gasteiger partial charge in [-0.1, -0.05) is 15.9 Å². The molecule has 1 rings (SSSR count). The third kappa shape index (κ3) is 2.87. The molecule has 0 amide bonds. The van der Waals surface area contributed by atoms with E-state index in [4.69, 9.17) is 0 Å². The third-order valence-corrected chi connectivity index (χ3v) is 2.33. The van der Waals surface area contributed by atoms with Crippen molar-refractivity contribution in [1.29, 1.82) is 0 Å². The van der Waals surface area contributed by atoms with E-state index in [0.717, 1.165) is 18.2 Å². The summed E-state index contributed by atoms with van der Waals surface area (Å²) in [5, 5.41) is 0.676. The van der Waals surface area contributed by atoms with Crippen LogP contribution >= 0.6 is 15.9 Å². The van der Waals surface area contributed by atoms with Gasteiger partial charge in [-0.2, -0.15) is 0 Å². The van der Waals surface area contributed by atoms with Gasteiger partial charge in [0.15, 0.2) is 5.78 Å². The molecule has 14 heavy (non-hydrogen) atoms. The molecule has 0 spiro atoms. The molecule has 0 atom stereocenters. The van der Waals surface area contributed by atoms with E-state index in [0.29, 0.717) is 11.8 Å². The van der Waals surface area contributed by atoms with Crippen molar-refractivity contribution >= 4 is 21.7 Å². The molecule has 0 aliphatic rings. The monoisotopic (exact) mass is 262 g/mol. The number of rotatable bonds is 4. The maximum absolute atomic E-state index is 13.0. The quantitative estimate of drug-likeness (QED) is 0.601. The van der Waals surface area contributed by atoms with Crippen LogP contribution in [0.15, 0.2) is 18.2 Å². The number of alkyl halides is 1. The van der Waals surface area contributed by atoms with Crippen molar-refractivity contribution in [3.05, 3.63) is 35.4 Å². The summed E-state index contributed by atoms with van der Waals surface area (Å²) in [7, 11) is 0. The Hall–Kier alpha value is -0.770. The molecule has 0 heterocycles. The van der Waals surface area contributed by atoms with Crippen molar-refractivity contribution in [3.8, 4) is 0 Å². The van der Waals surface area contributed by atoms with Crippen LogP contribution in [0.2, 0.25) is 0 Å². The zero-order valence-electron chi connectivity index (χ0n) is 7.40. The molecule has 0 aliphatic carbocycles. The summed E-state index contributed by atoms with van der Waals surface area (Å²) < 4.78 is 25.7. The first-order valence-electron chi connectivity index (χ1n) is 4.19. The fraction of sp³-hybridized carbons (Fsp3) is 0.300. The molecule has 0 aliphatic heterocycles. The molecule has 1 nitrogen and oxygen atoms in total. The van der Waals surface area contributed by atoms with E-state index in [1.54, 1.807) is 0 Å². The van der Waals surface area contributed by atoms with Crippen molar-refractivity contribution in [3.63, 3.8) is 0 Å². The Kier molecular flexibility index (Phi) is 4.20. The first-order valence-corrected chi connectivity index (χ1v) is 5.31. The van der Waals surface area contributed by atoms with E-state index in [-0.39, 0.29) is 17.8 Å². The maximum atomic E-state index is 13.0. The Labute approximate surface area is 89.3 Å². The van der Waals surface area contributed by atoms with E-state index >= 15 is 0 Å². The van der Waals surface area contributed by atoms with Gasteiger partial charge in [0.1, 0.15) is 11.6 Å². The second-order valence-electron chi connectivity index (χ2n) is 2.84. The topological polar surface area (TPSA) is 17.1 Å². The third-order valence-electron chi connectivity index (χ3n) is 1.77. The number of hydrogen-bond acceptors (Lipinski definition) is 1. The summed E-state index contributed by atoms with van der Waals surface area (Å²) in [6.45, 7) is 0. The Morgan fingerprint density at radius 1 is 1.36 bits per heavy atom. The summed E-state index contributed by atoms with van der Waals surface area (Å²) in [4.78, 5) is 11.3. The second-order valence-corrected chi connectivity index (χ2v) is 3.63. The molecule has 76 valence electrons. The molecule has 0 N–H and O–H groups in total. The van der Waals surface area contributed by atoms with Gasteiger partial charge in [-0.25, -0.2) is 8.78 Å². The highest BCUT2D eigenvalue weighted by atomic mass is 79.9. The average Bonchev–Trinajstić information content (AvgIpc) is 2.18. The largest absolute Gasteiger partial charge is 0.294 e. The Balaban J connectivity index is 2.83. The maximum Gasteiger partial charge on any atom is 0.165 e. The van der Waals surface area contributed by atoms with Gasteiger partial charge in [-0.05, 0) is 24.6 Å². The highest BCUT2D eigenvalue weighted by Crippen LogP contribution is 2.13. The van der Waals surface area contributed by atoms with Crippen molar-refractivity contribution in [2.24, 2.45) is 0 Å². The van der Waals surface area contributed by atoms with Crippen molar-refractivity contribution in [2.75, 3.05) is 5.33 Å². The van der Waals surface area contributed by atoms with Gasteiger partial charge in [0.05, 0.1) is 5.56 Å². The van der Waals surface area contributed by atoms with Gasteiger partial charge in [0.2, 0.25) is 0 Å². The lowest BCUT2D eigenvalue weighted by Gasteiger charge is -2.01. The number of hydrogen-bond donors (Lipinski definition) is 0. The van der Waals surface area contributed by atoms with Gasteiger partial charge in [-0.15, -0.1) is 0 Å². The van der Waals surface area contributed by atoms with Crippen LogP contribution < -0.4 is 0 Å². The predicted octanol–water partition coefficient (Wildman–Crippen LogP) is 3.32. The first-order chi connectivity index (χ1) is 6.65. The highest BCUT2D eigenvalue weighted by Gasteiger charge is 2.11. The van der Waals surface area contributed by atoms with E-state index < -0.39 is 11.6 Å². The standard InChI is InChI=1S/C10H9BrF2O/c11-5-1-2-10(14)8-6-7(12)3-4-9(8)13/h3-4,6H,1-2,5H2. The van der Waals surface area contributed by atoms with Crippen molar-refractivity contribution < 1.29 is 13.6 Å². The summed E-state index contributed by atoms with van der Waals surface area (Å²) in [6, 6.07) is 2.90. The summed E-state index contributed by atoms with van der Waals surface area (Å²) in [6.07, 6.45) is 0.848. The summed E-state index contributed by atoms with van der Waals surface area (Å²) in [5.74, 6) is -1.61.